The van der Waals surface area contributed by atoms with Gasteiger partial charge in [0.1, 0.15) is 5.01 Å². The molecule has 1 heterocycles. The molecule has 0 radical (unpaired) electrons. The summed E-state index contributed by atoms with van der Waals surface area (Å²) in [6, 6.07) is 14.2. The number of carbonyl (C=O) groups is 2. The fourth-order valence-corrected chi connectivity index (χ4v) is 2.79. The Morgan fingerprint density at radius 2 is 1.83 bits per heavy atom. The topological polar surface area (TPSA) is 59.1 Å². The van der Waals surface area contributed by atoms with Crippen LogP contribution >= 0.6 is 11.3 Å². The van der Waals surface area contributed by atoms with E-state index in [9.17, 15) is 9.59 Å². The molecule has 0 saturated heterocycles. The first-order valence-corrected chi connectivity index (χ1v) is 7.94. The SMILES string of the molecule is CC(=O)c1cccc(NC(=O)c2ccc(-c3nccs3)cc2)c1. The zero-order valence-electron chi connectivity index (χ0n) is 12.4. The predicted octanol–water partition coefficient (Wildman–Crippen LogP) is 4.27. The van der Waals surface area contributed by atoms with Gasteiger partial charge >= 0.3 is 0 Å². The van der Waals surface area contributed by atoms with Gasteiger partial charge < -0.3 is 5.32 Å². The van der Waals surface area contributed by atoms with Crippen LogP contribution in [0, 0.1) is 0 Å². The van der Waals surface area contributed by atoms with Crippen LogP contribution in [0.1, 0.15) is 27.6 Å². The van der Waals surface area contributed by atoms with E-state index in [0.29, 0.717) is 16.8 Å². The summed E-state index contributed by atoms with van der Waals surface area (Å²) in [5, 5.41) is 5.64. The molecule has 0 aliphatic heterocycles. The lowest BCUT2D eigenvalue weighted by Crippen LogP contribution is -2.12. The van der Waals surface area contributed by atoms with Gasteiger partial charge in [0.2, 0.25) is 0 Å². The standard InChI is InChI=1S/C18H14N2O2S/c1-12(21)15-3-2-4-16(11-15)20-17(22)13-5-7-14(8-6-13)18-19-9-10-23-18/h2-11H,1H3,(H,20,22). The molecular formula is C18H14N2O2S. The number of ketones is 1. The normalized spacial score (nSPS) is 10.3. The molecule has 1 aromatic heterocycles. The number of hydrogen-bond donors (Lipinski definition) is 1. The number of amides is 1. The van der Waals surface area contributed by atoms with Gasteiger partial charge in [-0.25, -0.2) is 4.98 Å². The number of thiazole rings is 1. The van der Waals surface area contributed by atoms with Crippen molar-refractivity contribution in [3.05, 3.63) is 71.2 Å². The van der Waals surface area contributed by atoms with Crippen LogP contribution in [0.15, 0.2) is 60.1 Å². The molecule has 5 heteroatoms. The summed E-state index contributed by atoms with van der Waals surface area (Å²) in [4.78, 5) is 27.9. The van der Waals surface area contributed by atoms with E-state index in [1.807, 2.05) is 17.5 Å². The largest absolute Gasteiger partial charge is 0.322 e. The first kappa shape index (κ1) is 15.1. The van der Waals surface area contributed by atoms with Crippen molar-refractivity contribution < 1.29 is 9.59 Å². The summed E-state index contributed by atoms with van der Waals surface area (Å²) in [7, 11) is 0. The molecule has 0 saturated carbocycles. The highest BCUT2D eigenvalue weighted by atomic mass is 32.1. The maximum absolute atomic E-state index is 12.3. The number of benzene rings is 2. The molecule has 4 nitrogen and oxygen atoms in total. The third-order valence-corrected chi connectivity index (χ3v) is 4.18. The molecule has 3 rings (SSSR count). The average Bonchev–Trinajstić information content (AvgIpc) is 3.09. The number of carbonyl (C=O) groups excluding carboxylic acids is 2. The summed E-state index contributed by atoms with van der Waals surface area (Å²) >= 11 is 1.55. The Labute approximate surface area is 137 Å². The molecular weight excluding hydrogens is 308 g/mol. The van der Waals surface area contributed by atoms with Crippen LogP contribution in [0.4, 0.5) is 5.69 Å². The Bertz CT molecular complexity index is 840. The number of nitrogens with zero attached hydrogens (tertiary/aromatic N) is 1. The van der Waals surface area contributed by atoms with Gasteiger partial charge in [-0.15, -0.1) is 11.3 Å². The molecule has 23 heavy (non-hydrogen) atoms. The van der Waals surface area contributed by atoms with Gasteiger partial charge in [-0.3, -0.25) is 9.59 Å². The van der Waals surface area contributed by atoms with E-state index < -0.39 is 0 Å². The lowest BCUT2D eigenvalue weighted by molar-refractivity contribution is 0.101. The van der Waals surface area contributed by atoms with Crippen molar-refractivity contribution in [3.63, 3.8) is 0 Å². The van der Waals surface area contributed by atoms with Crippen LogP contribution < -0.4 is 5.32 Å². The minimum absolute atomic E-state index is 0.0334. The number of rotatable bonds is 4. The Kier molecular flexibility index (Phi) is 4.30. The number of aromatic nitrogens is 1. The molecule has 0 aliphatic rings. The second-order valence-electron chi connectivity index (χ2n) is 5.01. The fraction of sp³-hybridized carbons (Fsp3) is 0.0556. The summed E-state index contributed by atoms with van der Waals surface area (Å²) < 4.78 is 0. The van der Waals surface area contributed by atoms with Crippen LogP contribution in [0.3, 0.4) is 0 Å². The molecule has 1 amide bonds. The average molecular weight is 322 g/mol. The number of anilines is 1. The maximum Gasteiger partial charge on any atom is 0.255 e. The van der Waals surface area contributed by atoms with Crippen molar-refractivity contribution in [1.29, 1.82) is 0 Å². The third-order valence-electron chi connectivity index (χ3n) is 3.35. The molecule has 0 unspecified atom stereocenters. The van der Waals surface area contributed by atoms with Crippen LogP contribution in [-0.2, 0) is 0 Å². The zero-order chi connectivity index (χ0) is 16.2. The van der Waals surface area contributed by atoms with Crippen molar-refractivity contribution in [1.82, 2.24) is 4.98 Å². The van der Waals surface area contributed by atoms with Crippen LogP contribution in [0.5, 0.6) is 0 Å². The first-order valence-electron chi connectivity index (χ1n) is 7.06. The molecule has 3 aromatic rings. The van der Waals surface area contributed by atoms with E-state index in [1.54, 1.807) is 53.9 Å². The Balaban J connectivity index is 1.76. The minimum atomic E-state index is -0.212. The summed E-state index contributed by atoms with van der Waals surface area (Å²) in [6.07, 6.45) is 1.75. The van der Waals surface area contributed by atoms with E-state index in [4.69, 9.17) is 0 Å². The Morgan fingerprint density at radius 1 is 1.04 bits per heavy atom. The van der Waals surface area contributed by atoms with Crippen molar-refractivity contribution in [2.45, 2.75) is 6.92 Å². The van der Waals surface area contributed by atoms with Crippen molar-refractivity contribution in [2.75, 3.05) is 5.32 Å². The van der Waals surface area contributed by atoms with Gasteiger partial charge in [0.05, 0.1) is 0 Å². The van der Waals surface area contributed by atoms with Gasteiger partial charge in [-0.1, -0.05) is 24.3 Å². The summed E-state index contributed by atoms with van der Waals surface area (Å²) in [6.45, 7) is 1.50. The summed E-state index contributed by atoms with van der Waals surface area (Å²) in [5.74, 6) is -0.245. The van der Waals surface area contributed by atoms with Crippen molar-refractivity contribution in [3.8, 4) is 10.6 Å². The van der Waals surface area contributed by atoms with E-state index in [-0.39, 0.29) is 11.7 Å². The Hall–Kier alpha value is -2.79. The molecule has 1 N–H and O–H groups in total. The van der Waals surface area contributed by atoms with Gasteiger partial charge in [0, 0.05) is 34.0 Å². The van der Waals surface area contributed by atoms with Crippen LogP contribution in [0.2, 0.25) is 0 Å². The van der Waals surface area contributed by atoms with Gasteiger partial charge in [-0.2, -0.15) is 0 Å². The predicted molar refractivity (Wildman–Crippen MR) is 91.9 cm³/mol. The number of nitrogens with one attached hydrogen (secondary N) is 1. The molecule has 0 bridgehead atoms. The second kappa shape index (κ2) is 6.54. The maximum atomic E-state index is 12.3. The van der Waals surface area contributed by atoms with E-state index >= 15 is 0 Å². The Morgan fingerprint density at radius 3 is 2.48 bits per heavy atom. The zero-order valence-corrected chi connectivity index (χ0v) is 13.3. The van der Waals surface area contributed by atoms with Crippen molar-refractivity contribution >= 4 is 28.7 Å². The monoisotopic (exact) mass is 322 g/mol. The van der Waals surface area contributed by atoms with Gasteiger partial charge in [-0.05, 0) is 31.2 Å². The molecule has 0 atom stereocenters. The van der Waals surface area contributed by atoms with E-state index in [1.165, 1.54) is 6.92 Å². The summed E-state index contributed by atoms with van der Waals surface area (Å²) in [5.41, 5.74) is 2.71. The highest BCUT2D eigenvalue weighted by Gasteiger charge is 2.08. The smallest absolute Gasteiger partial charge is 0.255 e. The molecule has 114 valence electrons. The number of Topliss-reactive ketones (excluding diaryl/α,β-unsaturated/α-hetero) is 1. The quantitative estimate of drug-likeness (QED) is 0.730. The highest BCUT2D eigenvalue weighted by Crippen LogP contribution is 2.22. The fourth-order valence-electron chi connectivity index (χ4n) is 2.15. The molecule has 0 aliphatic carbocycles. The lowest BCUT2D eigenvalue weighted by atomic mass is 10.1. The van der Waals surface area contributed by atoms with E-state index in [2.05, 4.69) is 10.3 Å². The third kappa shape index (κ3) is 3.52. The highest BCUT2D eigenvalue weighted by molar-refractivity contribution is 7.13. The molecule has 2 aromatic carbocycles. The second-order valence-corrected chi connectivity index (χ2v) is 5.90. The minimum Gasteiger partial charge on any atom is -0.322 e. The van der Waals surface area contributed by atoms with Gasteiger partial charge in [0.25, 0.3) is 5.91 Å². The van der Waals surface area contributed by atoms with Crippen LogP contribution in [0.25, 0.3) is 10.6 Å². The van der Waals surface area contributed by atoms with Gasteiger partial charge in [0.15, 0.2) is 5.78 Å². The van der Waals surface area contributed by atoms with E-state index in [0.717, 1.165) is 10.6 Å². The molecule has 0 fully saturated rings. The molecule has 0 spiro atoms. The number of hydrogen-bond acceptors (Lipinski definition) is 4. The lowest BCUT2D eigenvalue weighted by Gasteiger charge is -2.07. The van der Waals surface area contributed by atoms with Crippen LogP contribution in [-0.4, -0.2) is 16.7 Å². The van der Waals surface area contributed by atoms with Crippen molar-refractivity contribution in [2.24, 2.45) is 0 Å². The first-order chi connectivity index (χ1) is 11.1.